The second-order valence-corrected chi connectivity index (χ2v) is 6.02. The Morgan fingerprint density at radius 3 is 2.40 bits per heavy atom. The van der Waals surface area contributed by atoms with Crippen molar-refractivity contribution in [1.82, 2.24) is 0 Å². The fraction of sp³-hybridized carbons (Fsp3) is 0.316. The fourth-order valence-corrected chi connectivity index (χ4v) is 2.89. The van der Waals surface area contributed by atoms with Crippen LogP contribution in [-0.2, 0) is 14.3 Å². The van der Waals surface area contributed by atoms with Gasteiger partial charge in [-0.15, -0.1) is 0 Å². The summed E-state index contributed by atoms with van der Waals surface area (Å²) in [5.74, 6) is -0.744. The number of carbonyl (C=O) groups is 3. The molecule has 1 aliphatic heterocycles. The van der Waals surface area contributed by atoms with Crippen LogP contribution in [0.15, 0.2) is 48.6 Å². The van der Waals surface area contributed by atoms with Gasteiger partial charge in [0.15, 0.2) is 0 Å². The molecule has 1 atom stereocenters. The van der Waals surface area contributed by atoms with Crippen LogP contribution in [0.4, 0.5) is 16.2 Å². The van der Waals surface area contributed by atoms with Gasteiger partial charge in [0.2, 0.25) is 0 Å². The van der Waals surface area contributed by atoms with Gasteiger partial charge in [0.25, 0.3) is 11.8 Å². The number of hydrogen-bond acceptors (Lipinski definition) is 4. The van der Waals surface area contributed by atoms with E-state index >= 15 is 0 Å². The molecule has 6 heteroatoms. The van der Waals surface area contributed by atoms with E-state index in [1.807, 2.05) is 0 Å². The molecular formula is C19H20N2O4. The Morgan fingerprint density at radius 1 is 1.00 bits per heavy atom. The second-order valence-electron chi connectivity index (χ2n) is 6.02. The topological polar surface area (TPSA) is 75.7 Å². The van der Waals surface area contributed by atoms with Crippen LogP contribution in [0.3, 0.4) is 0 Å². The van der Waals surface area contributed by atoms with Crippen LogP contribution in [0.2, 0.25) is 0 Å². The Balaban J connectivity index is 1.56. The van der Waals surface area contributed by atoms with Gasteiger partial charge in [-0.25, -0.2) is 9.69 Å². The Labute approximate surface area is 146 Å². The lowest BCUT2D eigenvalue weighted by atomic mass is 10.0. The van der Waals surface area contributed by atoms with Gasteiger partial charge in [-0.1, -0.05) is 12.2 Å². The summed E-state index contributed by atoms with van der Waals surface area (Å²) in [5, 5.41) is 2.68. The summed E-state index contributed by atoms with van der Waals surface area (Å²) in [6.45, 7) is 0. The number of hydrogen-bond donors (Lipinski definition) is 1. The molecule has 0 fully saturated rings. The Morgan fingerprint density at radius 2 is 1.68 bits per heavy atom. The molecule has 130 valence electrons. The number of allylic oxidation sites excluding steroid dienone is 2. The highest BCUT2D eigenvalue weighted by Gasteiger charge is 2.25. The Hall–Kier alpha value is -2.89. The van der Waals surface area contributed by atoms with E-state index in [4.69, 9.17) is 4.74 Å². The predicted octanol–water partition coefficient (Wildman–Crippen LogP) is 3.55. The lowest BCUT2D eigenvalue weighted by Crippen LogP contribution is -2.29. The molecule has 0 bridgehead atoms. The number of nitrogens with one attached hydrogen (secondary N) is 1. The van der Waals surface area contributed by atoms with Gasteiger partial charge in [-0.3, -0.25) is 14.9 Å². The molecule has 1 heterocycles. The number of carbonyl (C=O) groups excluding carboxylic acids is 3. The second kappa shape index (κ2) is 7.79. The predicted molar refractivity (Wildman–Crippen MR) is 94.2 cm³/mol. The summed E-state index contributed by atoms with van der Waals surface area (Å²) in [4.78, 5) is 36.4. The molecule has 0 radical (unpaired) electrons. The van der Waals surface area contributed by atoms with Crippen molar-refractivity contribution in [2.45, 2.75) is 38.2 Å². The fourth-order valence-electron chi connectivity index (χ4n) is 2.89. The van der Waals surface area contributed by atoms with Gasteiger partial charge >= 0.3 is 6.09 Å². The highest BCUT2D eigenvalue weighted by molar-refractivity contribution is 6.28. The SMILES string of the molecule is O=C(Nc1ccc(N2C(=O)C=CC2=O)cc1)O[C@@H]1CC/C=C\CCC1. The van der Waals surface area contributed by atoms with Gasteiger partial charge in [-0.2, -0.15) is 0 Å². The quantitative estimate of drug-likeness (QED) is 0.674. The van der Waals surface area contributed by atoms with Crippen LogP contribution in [0.1, 0.15) is 32.1 Å². The zero-order chi connectivity index (χ0) is 17.6. The summed E-state index contributed by atoms with van der Waals surface area (Å²) < 4.78 is 5.48. The molecule has 0 spiro atoms. The molecule has 1 aromatic rings. The molecule has 3 rings (SSSR count). The number of ether oxygens (including phenoxy) is 1. The molecule has 6 nitrogen and oxygen atoms in total. The zero-order valence-corrected chi connectivity index (χ0v) is 13.8. The van der Waals surface area contributed by atoms with Gasteiger partial charge in [0, 0.05) is 17.8 Å². The standard InChI is InChI=1S/C19H20N2O4/c22-17-12-13-18(23)21(17)15-10-8-14(9-11-15)20-19(24)25-16-6-4-2-1-3-5-7-16/h1-2,8-13,16H,3-7H2,(H,20,24)/b2-1-/t16-/m1/s1. The van der Waals surface area contributed by atoms with E-state index in [1.165, 1.54) is 12.2 Å². The number of nitrogens with zero attached hydrogens (tertiary/aromatic N) is 1. The minimum absolute atomic E-state index is 0.0739. The van der Waals surface area contributed by atoms with Crippen molar-refractivity contribution in [1.29, 1.82) is 0 Å². The van der Waals surface area contributed by atoms with Crippen molar-refractivity contribution in [3.8, 4) is 0 Å². The molecule has 1 N–H and O–H groups in total. The van der Waals surface area contributed by atoms with Crippen LogP contribution < -0.4 is 10.2 Å². The lowest BCUT2D eigenvalue weighted by Gasteiger charge is -2.19. The number of imide groups is 1. The van der Waals surface area contributed by atoms with Gasteiger partial charge in [0.05, 0.1) is 5.69 Å². The monoisotopic (exact) mass is 340 g/mol. The number of anilines is 2. The number of benzene rings is 1. The van der Waals surface area contributed by atoms with Crippen LogP contribution in [0.25, 0.3) is 0 Å². The number of amides is 3. The van der Waals surface area contributed by atoms with Crippen LogP contribution in [0.5, 0.6) is 0 Å². The van der Waals surface area contributed by atoms with Crippen molar-refractivity contribution in [3.05, 3.63) is 48.6 Å². The average molecular weight is 340 g/mol. The summed E-state index contributed by atoms with van der Waals surface area (Å²) in [5.41, 5.74) is 1.01. The van der Waals surface area contributed by atoms with Crippen LogP contribution in [-0.4, -0.2) is 24.0 Å². The van der Waals surface area contributed by atoms with Crippen molar-refractivity contribution in [2.24, 2.45) is 0 Å². The third-order valence-corrected chi connectivity index (χ3v) is 4.17. The van der Waals surface area contributed by atoms with E-state index in [0.717, 1.165) is 37.0 Å². The minimum Gasteiger partial charge on any atom is -0.446 e. The maximum atomic E-state index is 12.0. The first-order valence-corrected chi connectivity index (χ1v) is 8.42. The van der Waals surface area contributed by atoms with Gasteiger partial charge in [-0.05, 0) is 56.4 Å². The first kappa shape index (κ1) is 17.0. The maximum absolute atomic E-state index is 12.0. The summed E-state index contributed by atoms with van der Waals surface area (Å²) in [6.07, 6.45) is 10.8. The zero-order valence-electron chi connectivity index (χ0n) is 13.8. The van der Waals surface area contributed by atoms with Crippen molar-refractivity contribution in [3.63, 3.8) is 0 Å². The molecule has 0 saturated carbocycles. The van der Waals surface area contributed by atoms with Crippen molar-refractivity contribution < 1.29 is 19.1 Å². The first-order chi connectivity index (χ1) is 12.1. The normalized spacial score (nSPS) is 21.6. The molecule has 0 saturated heterocycles. The van der Waals surface area contributed by atoms with Crippen molar-refractivity contribution in [2.75, 3.05) is 10.2 Å². The summed E-state index contributed by atoms with van der Waals surface area (Å²) >= 11 is 0. The highest BCUT2D eigenvalue weighted by atomic mass is 16.6. The molecule has 3 amide bonds. The van der Waals surface area contributed by atoms with Crippen molar-refractivity contribution >= 4 is 29.3 Å². The van der Waals surface area contributed by atoms with Gasteiger partial charge < -0.3 is 4.74 Å². The number of rotatable bonds is 3. The van der Waals surface area contributed by atoms with E-state index in [2.05, 4.69) is 17.5 Å². The molecule has 0 unspecified atom stereocenters. The molecule has 1 aliphatic carbocycles. The minimum atomic E-state index is -0.489. The molecular weight excluding hydrogens is 320 g/mol. The summed E-state index contributed by atoms with van der Waals surface area (Å²) in [7, 11) is 0. The maximum Gasteiger partial charge on any atom is 0.411 e. The molecule has 0 aromatic heterocycles. The average Bonchev–Trinajstić information content (AvgIpc) is 2.90. The molecule has 1 aromatic carbocycles. The van der Waals surface area contributed by atoms with Gasteiger partial charge in [0.1, 0.15) is 6.10 Å². The Bertz CT molecular complexity index is 703. The van der Waals surface area contributed by atoms with E-state index in [-0.39, 0.29) is 17.9 Å². The summed E-state index contributed by atoms with van der Waals surface area (Å²) in [6, 6.07) is 6.49. The van der Waals surface area contributed by atoms with Crippen LogP contribution >= 0.6 is 0 Å². The largest absolute Gasteiger partial charge is 0.446 e. The van der Waals surface area contributed by atoms with E-state index in [1.54, 1.807) is 24.3 Å². The molecule has 25 heavy (non-hydrogen) atoms. The smallest absolute Gasteiger partial charge is 0.411 e. The van der Waals surface area contributed by atoms with E-state index in [0.29, 0.717) is 11.4 Å². The molecule has 2 aliphatic rings. The third kappa shape index (κ3) is 4.35. The third-order valence-electron chi connectivity index (χ3n) is 4.17. The first-order valence-electron chi connectivity index (χ1n) is 8.42. The van der Waals surface area contributed by atoms with E-state index < -0.39 is 6.09 Å². The van der Waals surface area contributed by atoms with Crippen LogP contribution in [0, 0.1) is 0 Å². The highest BCUT2D eigenvalue weighted by Crippen LogP contribution is 2.22. The van der Waals surface area contributed by atoms with E-state index in [9.17, 15) is 14.4 Å². The Kier molecular flexibility index (Phi) is 5.28. The lowest BCUT2D eigenvalue weighted by molar-refractivity contribution is -0.119.